The number of hydrogen-bond donors (Lipinski definition) is 0. The maximum atomic E-state index is 13.1. The van der Waals surface area contributed by atoms with Gasteiger partial charge in [-0.15, -0.1) is 11.8 Å². The maximum absolute atomic E-state index is 13.1. The third-order valence-corrected chi connectivity index (χ3v) is 7.12. The van der Waals surface area contributed by atoms with Crippen molar-refractivity contribution in [3.8, 4) is 5.69 Å². The minimum absolute atomic E-state index is 0.0363. The summed E-state index contributed by atoms with van der Waals surface area (Å²) in [5, 5.41) is 0. The van der Waals surface area contributed by atoms with E-state index in [0.717, 1.165) is 48.5 Å². The number of hydrogen-bond acceptors (Lipinski definition) is 4. The van der Waals surface area contributed by atoms with Crippen LogP contribution in [-0.4, -0.2) is 61.9 Å². The van der Waals surface area contributed by atoms with Gasteiger partial charge in [-0.2, -0.15) is 0 Å². The van der Waals surface area contributed by atoms with E-state index in [9.17, 15) is 9.59 Å². The Morgan fingerprint density at radius 2 is 1.74 bits per heavy atom. The van der Waals surface area contributed by atoms with Crippen LogP contribution >= 0.6 is 11.8 Å². The molecule has 2 saturated heterocycles. The standard InChI is InChI=1S/C24H26N4O2S/c29-23(27-17-31-16-21(27)24(30)26-14-6-7-15-26)13-12-22-25-19-10-4-5-11-20(19)28(22)18-8-2-1-3-9-18/h1-5,8-11,21H,6-7,12-17H2. The number of carbonyl (C=O) groups excluding carboxylic acids is 2. The van der Waals surface area contributed by atoms with Crippen LogP contribution in [0.25, 0.3) is 16.7 Å². The first kappa shape index (κ1) is 20.1. The van der Waals surface area contributed by atoms with E-state index in [2.05, 4.69) is 22.8 Å². The third-order valence-electron chi connectivity index (χ3n) is 6.11. The SMILES string of the molecule is O=C(C1CSCN1C(=O)CCc1nc2ccccc2n1-c1ccccc1)N1CCCC1. The normalized spacial score (nSPS) is 18.8. The van der Waals surface area contributed by atoms with Crippen LogP contribution in [0.5, 0.6) is 0 Å². The lowest BCUT2D eigenvalue weighted by Crippen LogP contribution is -2.48. The molecule has 2 fully saturated rings. The molecule has 5 rings (SSSR count). The summed E-state index contributed by atoms with van der Waals surface area (Å²) in [6.45, 7) is 1.65. The van der Waals surface area contributed by atoms with E-state index in [4.69, 9.17) is 4.98 Å². The molecule has 2 aliphatic rings. The predicted octanol–water partition coefficient (Wildman–Crippen LogP) is 3.48. The van der Waals surface area contributed by atoms with Crippen molar-refractivity contribution >= 4 is 34.6 Å². The van der Waals surface area contributed by atoms with Gasteiger partial charge in [0.25, 0.3) is 0 Å². The molecule has 3 heterocycles. The van der Waals surface area contributed by atoms with Crippen molar-refractivity contribution in [3.05, 3.63) is 60.4 Å². The number of aromatic nitrogens is 2. The zero-order chi connectivity index (χ0) is 21.2. The molecule has 2 aromatic carbocycles. The van der Waals surface area contributed by atoms with E-state index in [1.807, 2.05) is 41.3 Å². The number of aryl methyl sites for hydroxylation is 1. The molecular formula is C24H26N4O2S. The molecule has 160 valence electrons. The highest BCUT2D eigenvalue weighted by molar-refractivity contribution is 7.99. The first-order valence-electron chi connectivity index (χ1n) is 10.9. The summed E-state index contributed by atoms with van der Waals surface area (Å²) in [6.07, 6.45) is 3.01. The summed E-state index contributed by atoms with van der Waals surface area (Å²) in [4.78, 5) is 34.5. The van der Waals surface area contributed by atoms with Gasteiger partial charge >= 0.3 is 0 Å². The smallest absolute Gasteiger partial charge is 0.246 e. The van der Waals surface area contributed by atoms with Gasteiger partial charge in [-0.05, 0) is 37.1 Å². The van der Waals surface area contributed by atoms with Crippen LogP contribution in [0.4, 0.5) is 0 Å². The lowest BCUT2D eigenvalue weighted by atomic mass is 10.2. The molecule has 31 heavy (non-hydrogen) atoms. The second-order valence-electron chi connectivity index (χ2n) is 8.10. The van der Waals surface area contributed by atoms with Crippen LogP contribution in [0.15, 0.2) is 54.6 Å². The summed E-state index contributed by atoms with van der Waals surface area (Å²) in [5.41, 5.74) is 3.00. The zero-order valence-electron chi connectivity index (χ0n) is 17.4. The number of para-hydroxylation sites is 3. The molecule has 0 saturated carbocycles. The van der Waals surface area contributed by atoms with Crippen LogP contribution in [0.1, 0.15) is 25.1 Å². The van der Waals surface area contributed by atoms with Crippen molar-refractivity contribution in [1.29, 1.82) is 0 Å². The predicted molar refractivity (Wildman–Crippen MR) is 123 cm³/mol. The Balaban J connectivity index is 1.35. The van der Waals surface area contributed by atoms with Crippen LogP contribution in [0, 0.1) is 0 Å². The molecule has 0 spiro atoms. The van der Waals surface area contributed by atoms with E-state index in [1.54, 1.807) is 16.7 Å². The summed E-state index contributed by atoms with van der Waals surface area (Å²) < 4.78 is 2.13. The van der Waals surface area contributed by atoms with Crippen LogP contribution in [-0.2, 0) is 16.0 Å². The minimum atomic E-state index is -0.316. The van der Waals surface area contributed by atoms with Crippen molar-refractivity contribution in [2.24, 2.45) is 0 Å². The monoisotopic (exact) mass is 434 g/mol. The lowest BCUT2D eigenvalue weighted by Gasteiger charge is -2.27. The molecule has 1 aromatic heterocycles. The van der Waals surface area contributed by atoms with Crippen LogP contribution in [0.2, 0.25) is 0 Å². The van der Waals surface area contributed by atoms with E-state index in [-0.39, 0.29) is 17.9 Å². The molecule has 7 heteroatoms. The molecule has 3 aromatic rings. The number of amides is 2. The lowest BCUT2D eigenvalue weighted by molar-refractivity contribution is -0.142. The molecule has 2 aliphatic heterocycles. The largest absolute Gasteiger partial charge is 0.341 e. The average Bonchev–Trinajstić information content (AvgIpc) is 3.57. The molecule has 1 atom stereocenters. The maximum Gasteiger partial charge on any atom is 0.246 e. The number of nitrogens with zero attached hydrogens (tertiary/aromatic N) is 4. The fourth-order valence-electron chi connectivity index (χ4n) is 4.51. The highest BCUT2D eigenvalue weighted by Gasteiger charge is 2.37. The van der Waals surface area contributed by atoms with Crippen LogP contribution < -0.4 is 0 Å². The number of carbonyl (C=O) groups is 2. The fourth-order valence-corrected chi connectivity index (χ4v) is 5.68. The van der Waals surface area contributed by atoms with Crippen molar-refractivity contribution < 1.29 is 9.59 Å². The highest BCUT2D eigenvalue weighted by atomic mass is 32.2. The summed E-state index contributed by atoms with van der Waals surface area (Å²) in [6, 6.07) is 17.9. The first-order chi connectivity index (χ1) is 15.2. The molecule has 0 bridgehead atoms. The van der Waals surface area contributed by atoms with Crippen molar-refractivity contribution in [1.82, 2.24) is 19.4 Å². The Kier molecular flexibility index (Phi) is 5.68. The Hall–Kier alpha value is -2.80. The number of benzene rings is 2. The van der Waals surface area contributed by atoms with Crippen molar-refractivity contribution in [3.63, 3.8) is 0 Å². The average molecular weight is 435 g/mol. The number of fused-ring (bicyclic) bond motifs is 1. The third kappa shape index (κ3) is 3.94. The van der Waals surface area contributed by atoms with Gasteiger partial charge in [0.1, 0.15) is 11.9 Å². The molecule has 1 unspecified atom stereocenters. The molecule has 0 radical (unpaired) electrons. The number of thioether (sulfide) groups is 1. The van der Waals surface area contributed by atoms with Crippen molar-refractivity contribution in [2.75, 3.05) is 24.7 Å². The molecule has 6 nitrogen and oxygen atoms in total. The van der Waals surface area contributed by atoms with E-state index in [0.29, 0.717) is 24.5 Å². The second-order valence-corrected chi connectivity index (χ2v) is 9.10. The zero-order valence-corrected chi connectivity index (χ0v) is 18.3. The van der Waals surface area contributed by atoms with Gasteiger partial charge in [0.05, 0.1) is 16.9 Å². The fraction of sp³-hybridized carbons (Fsp3) is 0.375. The highest BCUT2D eigenvalue weighted by Crippen LogP contribution is 2.26. The van der Waals surface area contributed by atoms with E-state index in [1.165, 1.54) is 0 Å². The molecule has 2 amide bonds. The Labute approximate surface area is 186 Å². The van der Waals surface area contributed by atoms with Gasteiger partial charge in [0.2, 0.25) is 11.8 Å². The van der Waals surface area contributed by atoms with Gasteiger partial charge in [-0.25, -0.2) is 4.98 Å². The molecular weight excluding hydrogens is 408 g/mol. The number of rotatable bonds is 5. The minimum Gasteiger partial charge on any atom is -0.341 e. The van der Waals surface area contributed by atoms with Gasteiger partial charge in [0, 0.05) is 37.4 Å². The summed E-state index contributed by atoms with van der Waals surface area (Å²) in [5.74, 6) is 2.32. The second kappa shape index (κ2) is 8.75. The van der Waals surface area contributed by atoms with Gasteiger partial charge in [-0.1, -0.05) is 30.3 Å². The quantitative estimate of drug-likeness (QED) is 0.617. The topological polar surface area (TPSA) is 58.4 Å². The Morgan fingerprint density at radius 3 is 2.55 bits per heavy atom. The summed E-state index contributed by atoms with van der Waals surface area (Å²) in [7, 11) is 0. The number of likely N-dealkylation sites (tertiary alicyclic amines) is 1. The van der Waals surface area contributed by atoms with Gasteiger partial charge in [-0.3, -0.25) is 14.2 Å². The Morgan fingerprint density at radius 1 is 1.00 bits per heavy atom. The number of imidazole rings is 1. The van der Waals surface area contributed by atoms with Gasteiger partial charge in [0.15, 0.2) is 0 Å². The van der Waals surface area contributed by atoms with E-state index >= 15 is 0 Å². The summed E-state index contributed by atoms with van der Waals surface area (Å²) >= 11 is 1.67. The van der Waals surface area contributed by atoms with E-state index < -0.39 is 0 Å². The van der Waals surface area contributed by atoms with Crippen molar-refractivity contribution in [2.45, 2.75) is 31.7 Å². The molecule has 0 aliphatic carbocycles. The van der Waals surface area contributed by atoms with Crippen LogP contribution in [0.3, 0.4) is 0 Å². The first-order valence-corrected chi connectivity index (χ1v) is 12.1. The molecule has 0 N–H and O–H groups in total. The Bertz CT molecular complexity index is 1090. The van der Waals surface area contributed by atoms with Gasteiger partial charge < -0.3 is 9.80 Å².